The molecule has 0 bridgehead atoms. The number of amides is 1. The van der Waals surface area contributed by atoms with Crippen LogP contribution < -0.4 is 19.9 Å². The monoisotopic (exact) mass is 397 g/mol. The summed E-state index contributed by atoms with van der Waals surface area (Å²) < 4.78 is 11.0. The zero-order chi connectivity index (χ0) is 20.1. The Hall–Kier alpha value is -2.87. The van der Waals surface area contributed by atoms with Crippen LogP contribution in [0.15, 0.2) is 36.7 Å². The second-order valence-electron chi connectivity index (χ2n) is 7.25. The number of aromatic nitrogens is 2. The first-order chi connectivity index (χ1) is 14.2. The molecule has 154 valence electrons. The van der Waals surface area contributed by atoms with E-state index in [1.165, 1.54) is 6.33 Å². The molecule has 8 heteroatoms. The maximum absolute atomic E-state index is 12.4. The summed E-state index contributed by atoms with van der Waals surface area (Å²) in [5, 5.41) is 2.92. The molecule has 0 saturated carbocycles. The van der Waals surface area contributed by atoms with Crippen LogP contribution in [0.3, 0.4) is 0 Å². The van der Waals surface area contributed by atoms with Gasteiger partial charge in [-0.15, -0.1) is 0 Å². The van der Waals surface area contributed by atoms with E-state index in [0.29, 0.717) is 12.2 Å². The van der Waals surface area contributed by atoms with Gasteiger partial charge in [-0.3, -0.25) is 4.79 Å². The van der Waals surface area contributed by atoms with Gasteiger partial charge in [0.25, 0.3) is 5.91 Å². The molecule has 2 fully saturated rings. The number of rotatable bonds is 6. The summed E-state index contributed by atoms with van der Waals surface area (Å²) in [4.78, 5) is 25.5. The minimum atomic E-state index is -0.184. The Balaban J connectivity index is 1.36. The molecular weight excluding hydrogens is 370 g/mol. The fraction of sp³-hybridized carbons (Fsp3) is 0.476. The van der Waals surface area contributed by atoms with Crippen LogP contribution in [0.1, 0.15) is 23.3 Å². The molecule has 1 atom stereocenters. The molecular formula is C21H27N5O3. The molecule has 1 unspecified atom stereocenters. The number of hydrogen-bond donors (Lipinski definition) is 1. The highest BCUT2D eigenvalue weighted by Crippen LogP contribution is 2.29. The Labute approximate surface area is 170 Å². The number of piperazine rings is 1. The number of methoxy groups -OCH3 is 1. The van der Waals surface area contributed by atoms with Gasteiger partial charge in [-0.05, 0) is 25.0 Å². The Kier molecular flexibility index (Phi) is 6.09. The number of ether oxygens (including phenoxy) is 2. The Morgan fingerprint density at radius 3 is 2.76 bits per heavy atom. The van der Waals surface area contributed by atoms with Gasteiger partial charge in [0, 0.05) is 45.4 Å². The van der Waals surface area contributed by atoms with Crippen molar-refractivity contribution in [3.05, 3.63) is 42.4 Å². The molecule has 0 radical (unpaired) electrons. The average molecular weight is 397 g/mol. The predicted molar refractivity (Wildman–Crippen MR) is 111 cm³/mol. The van der Waals surface area contributed by atoms with Gasteiger partial charge in [-0.2, -0.15) is 0 Å². The standard InChI is InChI=1S/C21H27N5O3/c1-28-19-7-3-2-6-18(19)25-8-10-26(11-9-25)20-13-17(23-15-24-20)21(27)22-14-16-5-4-12-29-16/h2-3,6-7,13,15-16H,4-5,8-12,14H2,1H3,(H,22,27). The van der Waals surface area contributed by atoms with E-state index in [-0.39, 0.29) is 12.0 Å². The van der Waals surface area contributed by atoms with E-state index in [1.807, 2.05) is 18.2 Å². The summed E-state index contributed by atoms with van der Waals surface area (Å²) in [6.07, 6.45) is 3.62. The van der Waals surface area contributed by atoms with Crippen LogP contribution in [0.2, 0.25) is 0 Å². The van der Waals surface area contributed by atoms with Gasteiger partial charge < -0.3 is 24.6 Å². The van der Waals surface area contributed by atoms with Crippen molar-refractivity contribution in [2.24, 2.45) is 0 Å². The highest BCUT2D eigenvalue weighted by Gasteiger charge is 2.22. The van der Waals surface area contributed by atoms with Crippen molar-refractivity contribution in [2.45, 2.75) is 18.9 Å². The molecule has 1 aromatic heterocycles. The lowest BCUT2D eigenvalue weighted by molar-refractivity contribution is 0.0853. The Morgan fingerprint density at radius 2 is 2.00 bits per heavy atom. The molecule has 3 heterocycles. The van der Waals surface area contributed by atoms with Crippen LogP contribution in [0.25, 0.3) is 0 Å². The van der Waals surface area contributed by atoms with Crippen LogP contribution in [0, 0.1) is 0 Å². The number of hydrogen-bond acceptors (Lipinski definition) is 7. The lowest BCUT2D eigenvalue weighted by Gasteiger charge is -2.37. The van der Waals surface area contributed by atoms with E-state index >= 15 is 0 Å². The molecule has 2 aromatic rings. The van der Waals surface area contributed by atoms with Crippen molar-refractivity contribution in [3.8, 4) is 5.75 Å². The molecule has 1 aromatic carbocycles. The summed E-state index contributed by atoms with van der Waals surface area (Å²) in [5.41, 5.74) is 1.49. The number of carbonyl (C=O) groups excluding carboxylic acids is 1. The van der Waals surface area contributed by atoms with E-state index in [0.717, 1.165) is 62.9 Å². The third-order valence-corrected chi connectivity index (χ3v) is 5.43. The third kappa shape index (κ3) is 4.59. The van der Waals surface area contributed by atoms with Gasteiger partial charge in [0.1, 0.15) is 23.6 Å². The first-order valence-corrected chi connectivity index (χ1v) is 10.1. The molecule has 4 rings (SSSR count). The summed E-state index contributed by atoms with van der Waals surface area (Å²) >= 11 is 0. The Morgan fingerprint density at radius 1 is 1.21 bits per heavy atom. The third-order valence-electron chi connectivity index (χ3n) is 5.43. The van der Waals surface area contributed by atoms with E-state index in [1.54, 1.807) is 13.2 Å². The maximum Gasteiger partial charge on any atom is 0.270 e. The first-order valence-electron chi connectivity index (χ1n) is 10.1. The molecule has 2 saturated heterocycles. The fourth-order valence-electron chi connectivity index (χ4n) is 3.81. The normalized spacial score (nSPS) is 19.3. The zero-order valence-corrected chi connectivity index (χ0v) is 16.7. The minimum absolute atomic E-state index is 0.114. The van der Waals surface area contributed by atoms with Crippen LogP contribution in [-0.2, 0) is 4.74 Å². The minimum Gasteiger partial charge on any atom is -0.495 e. The SMILES string of the molecule is COc1ccccc1N1CCN(c2cc(C(=O)NCC3CCCO3)ncn2)CC1. The van der Waals surface area contributed by atoms with E-state index in [4.69, 9.17) is 9.47 Å². The lowest BCUT2D eigenvalue weighted by atomic mass is 10.2. The molecule has 29 heavy (non-hydrogen) atoms. The highest BCUT2D eigenvalue weighted by molar-refractivity contribution is 5.92. The zero-order valence-electron chi connectivity index (χ0n) is 16.7. The van der Waals surface area contributed by atoms with E-state index < -0.39 is 0 Å². The maximum atomic E-state index is 12.4. The van der Waals surface area contributed by atoms with Crippen molar-refractivity contribution in [3.63, 3.8) is 0 Å². The molecule has 1 N–H and O–H groups in total. The van der Waals surface area contributed by atoms with Crippen LogP contribution >= 0.6 is 0 Å². The Bertz CT molecular complexity index is 833. The van der Waals surface area contributed by atoms with Crippen LogP contribution in [0.4, 0.5) is 11.5 Å². The highest BCUT2D eigenvalue weighted by atomic mass is 16.5. The topological polar surface area (TPSA) is 79.8 Å². The second-order valence-corrected chi connectivity index (χ2v) is 7.25. The van der Waals surface area contributed by atoms with E-state index in [9.17, 15) is 4.79 Å². The summed E-state index contributed by atoms with van der Waals surface area (Å²) in [7, 11) is 1.70. The van der Waals surface area contributed by atoms with Gasteiger partial charge >= 0.3 is 0 Å². The molecule has 1 amide bonds. The first kappa shape index (κ1) is 19.4. The predicted octanol–water partition coefficient (Wildman–Crippen LogP) is 1.72. The second kappa shape index (κ2) is 9.09. The molecule has 0 aliphatic carbocycles. The van der Waals surface area contributed by atoms with Crippen LogP contribution in [-0.4, -0.2) is 68.4 Å². The quantitative estimate of drug-likeness (QED) is 0.795. The number of benzene rings is 1. The van der Waals surface area contributed by atoms with E-state index in [2.05, 4.69) is 31.2 Å². The summed E-state index contributed by atoms with van der Waals surface area (Å²) in [6.45, 7) is 4.63. The van der Waals surface area contributed by atoms with Gasteiger partial charge in [-0.25, -0.2) is 9.97 Å². The van der Waals surface area contributed by atoms with Gasteiger partial charge in [0.05, 0.1) is 18.9 Å². The molecule has 0 spiro atoms. The lowest BCUT2D eigenvalue weighted by Crippen LogP contribution is -2.47. The van der Waals surface area contributed by atoms with Crippen molar-refractivity contribution >= 4 is 17.4 Å². The van der Waals surface area contributed by atoms with Crippen molar-refractivity contribution in [1.82, 2.24) is 15.3 Å². The van der Waals surface area contributed by atoms with Gasteiger partial charge in [0.2, 0.25) is 0 Å². The summed E-state index contributed by atoms with van der Waals surface area (Å²) in [5.74, 6) is 1.48. The number of nitrogens with zero attached hydrogens (tertiary/aromatic N) is 4. The molecule has 2 aliphatic rings. The van der Waals surface area contributed by atoms with Crippen LogP contribution in [0.5, 0.6) is 5.75 Å². The molecule has 8 nitrogen and oxygen atoms in total. The van der Waals surface area contributed by atoms with Crippen molar-refractivity contribution in [2.75, 3.05) is 56.2 Å². The van der Waals surface area contributed by atoms with Crippen molar-refractivity contribution in [1.29, 1.82) is 0 Å². The summed E-state index contributed by atoms with van der Waals surface area (Å²) in [6, 6.07) is 9.83. The van der Waals surface area contributed by atoms with Gasteiger partial charge in [-0.1, -0.05) is 12.1 Å². The van der Waals surface area contributed by atoms with Gasteiger partial charge in [0.15, 0.2) is 0 Å². The number of nitrogens with one attached hydrogen (secondary N) is 1. The average Bonchev–Trinajstić information content (AvgIpc) is 3.31. The van der Waals surface area contributed by atoms with Crippen molar-refractivity contribution < 1.29 is 14.3 Å². The smallest absolute Gasteiger partial charge is 0.270 e. The fourth-order valence-corrected chi connectivity index (χ4v) is 3.81. The number of carbonyl (C=O) groups is 1. The largest absolute Gasteiger partial charge is 0.495 e. The number of anilines is 2. The molecule has 2 aliphatic heterocycles. The number of para-hydroxylation sites is 2.